The van der Waals surface area contributed by atoms with Crippen molar-refractivity contribution in [1.29, 1.82) is 0 Å². The van der Waals surface area contributed by atoms with E-state index in [9.17, 15) is 4.39 Å². The summed E-state index contributed by atoms with van der Waals surface area (Å²) in [5, 5.41) is 3.37. The van der Waals surface area contributed by atoms with E-state index in [0.717, 1.165) is 54.3 Å². The summed E-state index contributed by atoms with van der Waals surface area (Å²) in [6.45, 7) is 4.25. The summed E-state index contributed by atoms with van der Waals surface area (Å²) in [6, 6.07) is 11.3. The van der Waals surface area contributed by atoms with Gasteiger partial charge in [0.1, 0.15) is 17.7 Å². The van der Waals surface area contributed by atoms with Crippen molar-refractivity contribution < 1.29 is 9.13 Å². The predicted octanol–water partition coefficient (Wildman–Crippen LogP) is 2.16. The summed E-state index contributed by atoms with van der Waals surface area (Å²) in [5.74, 6) is 0.564. The summed E-state index contributed by atoms with van der Waals surface area (Å²) in [6.07, 6.45) is 0.610. The van der Waals surface area contributed by atoms with Crippen molar-refractivity contribution in [2.24, 2.45) is 5.73 Å². The second-order valence-electron chi connectivity index (χ2n) is 6.38. The lowest BCUT2D eigenvalue weighted by Gasteiger charge is -2.31. The molecule has 0 spiro atoms. The Morgan fingerprint density at radius 3 is 2.75 bits per heavy atom. The van der Waals surface area contributed by atoms with Crippen molar-refractivity contribution in [2.45, 2.75) is 12.5 Å². The number of nitrogens with one attached hydrogen (secondary N) is 1. The fourth-order valence-corrected chi connectivity index (χ4v) is 3.61. The van der Waals surface area contributed by atoms with E-state index in [1.165, 1.54) is 0 Å². The van der Waals surface area contributed by atoms with Gasteiger partial charge in [-0.1, -0.05) is 18.2 Å². The van der Waals surface area contributed by atoms with Gasteiger partial charge in [-0.2, -0.15) is 0 Å². The largest absolute Gasteiger partial charge is 0.488 e. The lowest BCUT2D eigenvalue weighted by Crippen LogP contribution is -2.43. The number of para-hydroxylation sites is 1. The van der Waals surface area contributed by atoms with Gasteiger partial charge in [0, 0.05) is 61.5 Å². The maximum absolute atomic E-state index is 14.2. The molecule has 0 aromatic heterocycles. The van der Waals surface area contributed by atoms with E-state index in [0.29, 0.717) is 13.0 Å². The van der Waals surface area contributed by atoms with Crippen molar-refractivity contribution >= 4 is 5.69 Å². The number of ether oxygens (including phenoxy) is 1. The fraction of sp³-hybridized carbons (Fsp3) is 0.368. The zero-order valence-corrected chi connectivity index (χ0v) is 13.6. The van der Waals surface area contributed by atoms with Crippen LogP contribution in [-0.2, 0) is 6.42 Å². The maximum atomic E-state index is 14.2. The van der Waals surface area contributed by atoms with Crippen LogP contribution in [0.3, 0.4) is 0 Å². The third-order valence-electron chi connectivity index (χ3n) is 4.78. The highest BCUT2D eigenvalue weighted by Gasteiger charge is 2.27. The van der Waals surface area contributed by atoms with Crippen LogP contribution in [-0.4, -0.2) is 38.8 Å². The van der Waals surface area contributed by atoms with E-state index in [1.807, 2.05) is 18.2 Å². The van der Waals surface area contributed by atoms with Gasteiger partial charge in [0.25, 0.3) is 0 Å². The molecule has 0 saturated carbocycles. The maximum Gasteiger partial charge on any atom is 0.131 e. The molecule has 5 heteroatoms. The number of fused-ring (bicyclic) bond motifs is 1. The molecule has 1 fully saturated rings. The number of nitrogens with two attached hydrogens (primary N) is 1. The molecule has 0 radical (unpaired) electrons. The van der Waals surface area contributed by atoms with E-state index >= 15 is 0 Å². The Bertz CT molecular complexity index is 743. The van der Waals surface area contributed by atoms with Gasteiger partial charge < -0.3 is 20.7 Å². The molecule has 24 heavy (non-hydrogen) atoms. The molecule has 2 heterocycles. The summed E-state index contributed by atoms with van der Waals surface area (Å²) >= 11 is 0. The molecular formula is C19H22FN3O. The van der Waals surface area contributed by atoms with Gasteiger partial charge in [0.15, 0.2) is 0 Å². The average molecular weight is 327 g/mol. The highest BCUT2D eigenvalue weighted by molar-refractivity contribution is 5.83. The summed E-state index contributed by atoms with van der Waals surface area (Å²) in [7, 11) is 0. The van der Waals surface area contributed by atoms with Crippen LogP contribution in [0.4, 0.5) is 10.1 Å². The van der Waals surface area contributed by atoms with Crippen LogP contribution in [0.2, 0.25) is 0 Å². The lowest BCUT2D eigenvalue weighted by molar-refractivity contribution is 0.242. The SMILES string of the molecule is NCC1Cc2cc(F)cc(-c3ccccc3N3CCNCC3)c2O1. The molecule has 3 N–H and O–H groups in total. The van der Waals surface area contributed by atoms with Crippen LogP contribution in [0.15, 0.2) is 36.4 Å². The molecule has 1 atom stereocenters. The number of benzene rings is 2. The van der Waals surface area contributed by atoms with E-state index < -0.39 is 0 Å². The van der Waals surface area contributed by atoms with Crippen LogP contribution < -0.4 is 20.7 Å². The number of nitrogens with zero attached hydrogens (tertiary/aromatic N) is 1. The van der Waals surface area contributed by atoms with Crippen LogP contribution in [0, 0.1) is 5.82 Å². The Morgan fingerprint density at radius 2 is 1.96 bits per heavy atom. The Labute approximate surface area is 141 Å². The number of rotatable bonds is 3. The molecule has 4 nitrogen and oxygen atoms in total. The van der Waals surface area contributed by atoms with Crippen molar-refractivity contribution in [3.63, 3.8) is 0 Å². The minimum absolute atomic E-state index is 0.0631. The smallest absolute Gasteiger partial charge is 0.131 e. The minimum Gasteiger partial charge on any atom is -0.488 e. The van der Waals surface area contributed by atoms with Gasteiger partial charge >= 0.3 is 0 Å². The topological polar surface area (TPSA) is 50.5 Å². The second-order valence-corrected chi connectivity index (χ2v) is 6.38. The van der Waals surface area contributed by atoms with E-state index in [4.69, 9.17) is 10.5 Å². The molecule has 2 aromatic carbocycles. The summed E-state index contributed by atoms with van der Waals surface area (Å²) in [5.41, 5.74) is 9.65. The minimum atomic E-state index is -0.222. The molecule has 0 bridgehead atoms. The number of hydrogen-bond acceptors (Lipinski definition) is 4. The molecule has 2 aliphatic rings. The summed E-state index contributed by atoms with van der Waals surface area (Å²) in [4.78, 5) is 2.35. The molecule has 0 amide bonds. The highest BCUT2D eigenvalue weighted by Crippen LogP contribution is 2.43. The van der Waals surface area contributed by atoms with E-state index in [2.05, 4.69) is 16.3 Å². The number of anilines is 1. The first-order chi connectivity index (χ1) is 11.8. The van der Waals surface area contributed by atoms with Gasteiger partial charge in [-0.25, -0.2) is 4.39 Å². The van der Waals surface area contributed by atoms with Crippen LogP contribution in [0.1, 0.15) is 5.56 Å². The van der Waals surface area contributed by atoms with Gasteiger partial charge in [0.2, 0.25) is 0 Å². The Kier molecular flexibility index (Phi) is 4.12. The zero-order valence-electron chi connectivity index (χ0n) is 13.6. The number of hydrogen-bond donors (Lipinski definition) is 2. The highest BCUT2D eigenvalue weighted by atomic mass is 19.1. The van der Waals surface area contributed by atoms with E-state index in [1.54, 1.807) is 12.1 Å². The normalized spacial score (nSPS) is 19.9. The van der Waals surface area contributed by atoms with E-state index in [-0.39, 0.29) is 11.9 Å². The molecule has 1 unspecified atom stereocenters. The Morgan fingerprint density at radius 1 is 1.17 bits per heavy atom. The van der Waals surface area contributed by atoms with Gasteiger partial charge in [0.05, 0.1) is 0 Å². The second kappa shape index (κ2) is 6.42. The predicted molar refractivity (Wildman–Crippen MR) is 94.1 cm³/mol. The van der Waals surface area contributed by atoms with Gasteiger partial charge in [-0.3, -0.25) is 0 Å². The first kappa shape index (κ1) is 15.4. The molecular weight excluding hydrogens is 305 g/mol. The lowest BCUT2D eigenvalue weighted by atomic mass is 9.98. The Hall–Kier alpha value is -2.11. The standard InChI is InChI=1S/C19H22FN3O/c20-14-9-13-10-15(12-21)24-19(13)17(11-14)16-3-1-2-4-18(16)23-7-5-22-6-8-23/h1-4,9,11,15,22H,5-8,10,12,21H2. The van der Waals surface area contributed by atoms with Crippen LogP contribution >= 0.6 is 0 Å². The first-order valence-electron chi connectivity index (χ1n) is 8.50. The zero-order chi connectivity index (χ0) is 16.5. The van der Waals surface area contributed by atoms with Crippen molar-refractivity contribution in [1.82, 2.24) is 5.32 Å². The van der Waals surface area contributed by atoms with Gasteiger partial charge in [-0.05, 0) is 18.2 Å². The molecule has 126 valence electrons. The number of halogens is 1. The molecule has 2 aromatic rings. The molecule has 0 aliphatic carbocycles. The summed E-state index contributed by atoms with van der Waals surface area (Å²) < 4.78 is 20.2. The molecule has 4 rings (SSSR count). The quantitative estimate of drug-likeness (QED) is 0.907. The average Bonchev–Trinajstić information content (AvgIpc) is 3.05. The molecule has 2 aliphatic heterocycles. The molecule has 1 saturated heterocycles. The fourth-order valence-electron chi connectivity index (χ4n) is 3.61. The number of piperazine rings is 1. The third kappa shape index (κ3) is 2.74. The van der Waals surface area contributed by atoms with Crippen molar-refractivity contribution in [3.05, 3.63) is 47.8 Å². The van der Waals surface area contributed by atoms with Gasteiger partial charge in [-0.15, -0.1) is 0 Å². The monoisotopic (exact) mass is 327 g/mol. The first-order valence-corrected chi connectivity index (χ1v) is 8.50. The van der Waals surface area contributed by atoms with Crippen LogP contribution in [0.5, 0.6) is 5.75 Å². The Balaban J connectivity index is 1.80. The third-order valence-corrected chi connectivity index (χ3v) is 4.78. The van der Waals surface area contributed by atoms with Crippen LogP contribution in [0.25, 0.3) is 11.1 Å². The van der Waals surface area contributed by atoms with Crippen molar-refractivity contribution in [3.8, 4) is 16.9 Å². The van der Waals surface area contributed by atoms with Crippen molar-refractivity contribution in [2.75, 3.05) is 37.6 Å².